The van der Waals surface area contributed by atoms with Crippen molar-refractivity contribution in [1.82, 2.24) is 5.32 Å². The molecule has 0 unspecified atom stereocenters. The summed E-state index contributed by atoms with van der Waals surface area (Å²) in [6.45, 7) is -2.35. The van der Waals surface area contributed by atoms with Crippen molar-refractivity contribution in [3.63, 3.8) is 0 Å². The second-order valence-electron chi connectivity index (χ2n) is 2.36. The van der Waals surface area contributed by atoms with Crippen molar-refractivity contribution < 1.29 is 18.3 Å². The Labute approximate surface area is 62.7 Å². The van der Waals surface area contributed by atoms with Crippen molar-refractivity contribution in [3.8, 4) is 0 Å². The zero-order valence-electron chi connectivity index (χ0n) is 5.85. The van der Waals surface area contributed by atoms with E-state index in [2.05, 4.69) is 10.1 Å². The number of nitrogens with one attached hydrogen (secondary N) is 1. The highest BCUT2D eigenvalue weighted by Crippen LogP contribution is 2.11. The van der Waals surface area contributed by atoms with Gasteiger partial charge in [-0.2, -0.15) is 8.78 Å². The second kappa shape index (κ2) is 3.61. The molecule has 0 saturated carbocycles. The van der Waals surface area contributed by atoms with E-state index in [4.69, 9.17) is 0 Å². The van der Waals surface area contributed by atoms with Crippen LogP contribution in [0.25, 0.3) is 0 Å². The van der Waals surface area contributed by atoms with E-state index in [1.54, 1.807) is 0 Å². The highest BCUT2D eigenvalue weighted by Gasteiger charge is 2.22. The number of amides is 1. The topological polar surface area (TPSA) is 38.3 Å². The molecule has 3 nitrogen and oxygen atoms in total. The van der Waals surface area contributed by atoms with Crippen LogP contribution in [0.4, 0.5) is 8.78 Å². The number of carbonyl (C=O) groups is 1. The molecular weight excluding hydrogens is 156 g/mol. The highest BCUT2D eigenvalue weighted by molar-refractivity contribution is 5.77. The summed E-state index contributed by atoms with van der Waals surface area (Å²) in [6, 6.07) is 0. The molecule has 1 aliphatic rings. The Morgan fingerprint density at radius 1 is 1.64 bits per heavy atom. The maximum atomic E-state index is 11.6. The first-order valence-electron chi connectivity index (χ1n) is 3.39. The molecule has 1 fully saturated rings. The molecular formula is C6H9F2NO2. The lowest BCUT2D eigenvalue weighted by atomic mass is 10.1. The third-order valence-corrected chi connectivity index (χ3v) is 1.50. The summed E-state index contributed by atoms with van der Waals surface area (Å²) >= 11 is 0. The van der Waals surface area contributed by atoms with Gasteiger partial charge in [0.25, 0.3) is 0 Å². The zero-order valence-corrected chi connectivity index (χ0v) is 5.85. The number of hydrogen-bond acceptors (Lipinski definition) is 2. The first-order chi connectivity index (χ1) is 5.18. The van der Waals surface area contributed by atoms with Crippen molar-refractivity contribution in [3.05, 3.63) is 0 Å². The van der Waals surface area contributed by atoms with Crippen molar-refractivity contribution in [2.45, 2.75) is 25.6 Å². The number of carbonyl (C=O) groups excluding carboxylic acids is 1. The summed E-state index contributed by atoms with van der Waals surface area (Å²) in [6.07, 6.45) is -0.0933. The molecule has 0 aromatic carbocycles. The van der Waals surface area contributed by atoms with E-state index in [-0.39, 0.29) is 12.3 Å². The van der Waals surface area contributed by atoms with E-state index in [1.165, 1.54) is 0 Å². The number of ether oxygens (including phenoxy) is 1. The van der Waals surface area contributed by atoms with Gasteiger partial charge in [0.2, 0.25) is 5.91 Å². The lowest BCUT2D eigenvalue weighted by molar-refractivity contribution is -0.171. The van der Waals surface area contributed by atoms with Crippen LogP contribution in [0.2, 0.25) is 0 Å². The van der Waals surface area contributed by atoms with Crippen LogP contribution in [0.3, 0.4) is 0 Å². The fraction of sp³-hybridized carbons (Fsp3) is 0.833. The lowest BCUT2D eigenvalue weighted by Gasteiger charge is -2.21. The largest absolute Gasteiger partial charge is 0.356 e. The van der Waals surface area contributed by atoms with Crippen LogP contribution in [0.15, 0.2) is 0 Å². The number of halogens is 2. The van der Waals surface area contributed by atoms with E-state index in [0.717, 1.165) is 0 Å². The molecule has 64 valence electrons. The van der Waals surface area contributed by atoms with Gasteiger partial charge >= 0.3 is 6.61 Å². The number of rotatable bonds is 2. The van der Waals surface area contributed by atoms with E-state index >= 15 is 0 Å². The van der Waals surface area contributed by atoms with E-state index in [0.29, 0.717) is 13.0 Å². The predicted molar refractivity (Wildman–Crippen MR) is 33.1 cm³/mol. The summed E-state index contributed by atoms with van der Waals surface area (Å²) in [4.78, 5) is 10.6. The van der Waals surface area contributed by atoms with Gasteiger partial charge in [-0.3, -0.25) is 4.79 Å². The average molecular weight is 165 g/mol. The van der Waals surface area contributed by atoms with Gasteiger partial charge in [0.15, 0.2) is 0 Å². The molecule has 0 aromatic rings. The molecule has 11 heavy (non-hydrogen) atoms. The lowest BCUT2D eigenvalue weighted by Crippen LogP contribution is -2.38. The van der Waals surface area contributed by atoms with Crippen molar-refractivity contribution in [1.29, 1.82) is 0 Å². The molecule has 0 bridgehead atoms. The van der Waals surface area contributed by atoms with Crippen LogP contribution in [-0.4, -0.2) is 25.2 Å². The molecule has 1 heterocycles. The minimum atomic E-state index is -2.77. The van der Waals surface area contributed by atoms with Gasteiger partial charge in [0, 0.05) is 6.54 Å². The van der Waals surface area contributed by atoms with Gasteiger partial charge in [0.05, 0.1) is 12.5 Å². The van der Waals surface area contributed by atoms with E-state index in [9.17, 15) is 13.6 Å². The molecule has 1 N–H and O–H groups in total. The minimum Gasteiger partial charge on any atom is -0.356 e. The summed E-state index contributed by atoms with van der Waals surface area (Å²) < 4.78 is 27.4. The molecule has 0 aromatic heterocycles. The summed E-state index contributed by atoms with van der Waals surface area (Å²) in [5.41, 5.74) is 0. The quantitative estimate of drug-likeness (QED) is 0.647. The molecule has 1 aliphatic heterocycles. The summed E-state index contributed by atoms with van der Waals surface area (Å²) in [5.74, 6) is -0.220. The van der Waals surface area contributed by atoms with Crippen LogP contribution in [0, 0.1) is 0 Å². The van der Waals surface area contributed by atoms with Crippen LogP contribution in [-0.2, 0) is 9.53 Å². The zero-order chi connectivity index (χ0) is 8.27. The summed E-state index contributed by atoms with van der Waals surface area (Å²) in [5, 5.41) is 2.52. The molecule has 0 radical (unpaired) electrons. The van der Waals surface area contributed by atoms with Crippen molar-refractivity contribution >= 4 is 5.91 Å². The smallest absolute Gasteiger partial charge is 0.345 e. The summed E-state index contributed by atoms with van der Waals surface area (Å²) in [7, 11) is 0. The predicted octanol–water partition coefficient (Wildman–Crippen LogP) is 0.504. The fourth-order valence-electron chi connectivity index (χ4n) is 1.02. The Bertz CT molecular complexity index is 152. The third kappa shape index (κ3) is 2.80. The molecule has 0 spiro atoms. The second-order valence-corrected chi connectivity index (χ2v) is 2.36. The van der Waals surface area contributed by atoms with Crippen molar-refractivity contribution in [2.24, 2.45) is 0 Å². The Balaban J connectivity index is 2.28. The maximum absolute atomic E-state index is 11.6. The van der Waals surface area contributed by atoms with Gasteiger partial charge < -0.3 is 10.1 Å². The molecule has 1 rings (SSSR count). The van der Waals surface area contributed by atoms with Gasteiger partial charge in [-0.25, -0.2) is 0 Å². The molecule has 0 aliphatic carbocycles. The highest BCUT2D eigenvalue weighted by atomic mass is 19.3. The molecule has 1 atom stereocenters. The van der Waals surface area contributed by atoms with Crippen LogP contribution in [0.1, 0.15) is 12.8 Å². The number of hydrogen-bond donors (Lipinski definition) is 1. The Morgan fingerprint density at radius 3 is 2.91 bits per heavy atom. The maximum Gasteiger partial charge on any atom is 0.345 e. The Kier molecular flexibility index (Phi) is 2.76. The van der Waals surface area contributed by atoms with Gasteiger partial charge in [-0.15, -0.1) is 0 Å². The van der Waals surface area contributed by atoms with Gasteiger partial charge in [0.1, 0.15) is 0 Å². The van der Waals surface area contributed by atoms with Gasteiger partial charge in [-0.05, 0) is 6.42 Å². The minimum absolute atomic E-state index is 0.0460. The average Bonchev–Trinajstić information content (AvgIpc) is 1.85. The molecule has 1 amide bonds. The van der Waals surface area contributed by atoms with E-state index < -0.39 is 12.7 Å². The Morgan fingerprint density at radius 2 is 2.36 bits per heavy atom. The third-order valence-electron chi connectivity index (χ3n) is 1.50. The first kappa shape index (κ1) is 8.39. The molecule has 1 saturated heterocycles. The van der Waals surface area contributed by atoms with Crippen LogP contribution < -0.4 is 5.32 Å². The first-order valence-corrected chi connectivity index (χ1v) is 3.39. The van der Waals surface area contributed by atoms with Gasteiger partial charge in [-0.1, -0.05) is 0 Å². The SMILES string of the molecule is O=C1C[C@@H](OC(F)F)CCN1. The number of alkyl halides is 2. The van der Waals surface area contributed by atoms with E-state index in [1.807, 2.05) is 0 Å². The van der Waals surface area contributed by atoms with Crippen LogP contribution in [0.5, 0.6) is 0 Å². The Hall–Kier alpha value is -0.710. The monoisotopic (exact) mass is 165 g/mol. The molecule has 5 heteroatoms. The fourth-order valence-corrected chi connectivity index (χ4v) is 1.02. The van der Waals surface area contributed by atoms with Crippen LogP contribution >= 0.6 is 0 Å². The number of piperidine rings is 1. The van der Waals surface area contributed by atoms with Crippen molar-refractivity contribution in [2.75, 3.05) is 6.54 Å². The standard InChI is InChI=1S/C6H9F2NO2/c7-6(8)11-4-1-2-9-5(10)3-4/h4,6H,1-3H2,(H,9,10)/t4-/m0/s1. The normalized spacial score (nSPS) is 25.4.